The SMILES string of the molecule is CCC(C(=O)N1CCN(CC2CC2)CC1)C(N)=S. The average Bonchev–Trinajstić information content (AvgIpc) is 3.14. The van der Waals surface area contributed by atoms with E-state index in [1.807, 2.05) is 11.8 Å². The first kappa shape index (κ1) is 13.7. The van der Waals surface area contributed by atoms with Gasteiger partial charge in [0.2, 0.25) is 5.91 Å². The zero-order valence-corrected chi connectivity index (χ0v) is 11.9. The van der Waals surface area contributed by atoms with Gasteiger partial charge in [0.1, 0.15) is 0 Å². The van der Waals surface area contributed by atoms with E-state index < -0.39 is 0 Å². The molecule has 0 aromatic heterocycles. The molecule has 1 saturated heterocycles. The first-order valence-electron chi connectivity index (χ1n) is 6.92. The maximum absolute atomic E-state index is 12.3. The molecule has 2 N–H and O–H groups in total. The van der Waals surface area contributed by atoms with E-state index in [0.717, 1.165) is 32.1 Å². The van der Waals surface area contributed by atoms with Crippen LogP contribution in [0.2, 0.25) is 0 Å². The van der Waals surface area contributed by atoms with Crippen molar-refractivity contribution in [3.05, 3.63) is 0 Å². The van der Waals surface area contributed by atoms with Gasteiger partial charge in [0.15, 0.2) is 0 Å². The summed E-state index contributed by atoms with van der Waals surface area (Å²) in [5, 5.41) is 0. The third kappa shape index (κ3) is 3.42. The van der Waals surface area contributed by atoms with Gasteiger partial charge in [0.05, 0.1) is 10.9 Å². The molecule has 1 unspecified atom stereocenters. The maximum atomic E-state index is 12.3. The van der Waals surface area contributed by atoms with Crippen LogP contribution in [0.1, 0.15) is 26.2 Å². The van der Waals surface area contributed by atoms with Crippen LogP contribution in [0.4, 0.5) is 0 Å². The Morgan fingerprint density at radius 2 is 1.94 bits per heavy atom. The maximum Gasteiger partial charge on any atom is 0.232 e. The van der Waals surface area contributed by atoms with Crippen LogP contribution < -0.4 is 5.73 Å². The van der Waals surface area contributed by atoms with Crippen molar-refractivity contribution in [3.63, 3.8) is 0 Å². The van der Waals surface area contributed by atoms with Crippen LogP contribution in [0.3, 0.4) is 0 Å². The summed E-state index contributed by atoms with van der Waals surface area (Å²) in [6.07, 6.45) is 3.48. The molecule has 1 atom stereocenters. The Balaban J connectivity index is 1.80. The summed E-state index contributed by atoms with van der Waals surface area (Å²) >= 11 is 4.97. The monoisotopic (exact) mass is 269 g/mol. The van der Waals surface area contributed by atoms with E-state index in [4.69, 9.17) is 18.0 Å². The predicted octanol–water partition coefficient (Wildman–Crippen LogP) is 0.853. The van der Waals surface area contributed by atoms with Gasteiger partial charge in [0, 0.05) is 32.7 Å². The van der Waals surface area contributed by atoms with E-state index in [9.17, 15) is 4.79 Å². The number of rotatable bonds is 5. The Kier molecular flexibility index (Phi) is 4.56. The first-order valence-corrected chi connectivity index (χ1v) is 7.33. The molecule has 18 heavy (non-hydrogen) atoms. The number of carbonyl (C=O) groups excluding carboxylic acids is 1. The lowest BCUT2D eigenvalue weighted by molar-refractivity contribution is -0.135. The molecule has 4 nitrogen and oxygen atoms in total. The van der Waals surface area contributed by atoms with Gasteiger partial charge >= 0.3 is 0 Å². The molecule has 5 heteroatoms. The molecule has 1 saturated carbocycles. The Morgan fingerprint density at radius 3 is 2.39 bits per heavy atom. The Hall–Kier alpha value is -0.680. The first-order chi connectivity index (χ1) is 8.61. The van der Waals surface area contributed by atoms with E-state index in [0.29, 0.717) is 11.4 Å². The van der Waals surface area contributed by atoms with Crippen molar-refractivity contribution in [2.24, 2.45) is 17.6 Å². The summed E-state index contributed by atoms with van der Waals surface area (Å²) in [5.41, 5.74) is 5.63. The summed E-state index contributed by atoms with van der Waals surface area (Å²) in [5.74, 6) is 0.776. The zero-order valence-electron chi connectivity index (χ0n) is 11.1. The van der Waals surface area contributed by atoms with E-state index in [-0.39, 0.29) is 11.8 Å². The number of piperazine rings is 1. The molecular formula is C13H23N3OS. The molecule has 2 fully saturated rings. The quantitative estimate of drug-likeness (QED) is 0.752. The van der Waals surface area contributed by atoms with E-state index in [2.05, 4.69) is 4.90 Å². The molecule has 0 spiro atoms. The molecule has 0 aromatic rings. The number of hydrogen-bond donors (Lipinski definition) is 1. The fraction of sp³-hybridized carbons (Fsp3) is 0.846. The molecule has 2 rings (SSSR count). The average molecular weight is 269 g/mol. The minimum atomic E-state index is -0.269. The van der Waals surface area contributed by atoms with Crippen molar-refractivity contribution < 1.29 is 4.79 Å². The Labute approximate surface area is 114 Å². The highest BCUT2D eigenvalue weighted by Crippen LogP contribution is 2.30. The second-order valence-corrected chi connectivity index (χ2v) is 5.90. The molecule has 0 aromatic carbocycles. The molecule has 2 aliphatic rings. The molecule has 1 heterocycles. The summed E-state index contributed by atoms with van der Waals surface area (Å²) < 4.78 is 0. The van der Waals surface area contributed by atoms with Crippen LogP contribution in [0, 0.1) is 11.8 Å². The van der Waals surface area contributed by atoms with Crippen LogP contribution in [-0.4, -0.2) is 53.4 Å². The van der Waals surface area contributed by atoms with Crippen LogP contribution in [-0.2, 0) is 4.79 Å². The summed E-state index contributed by atoms with van der Waals surface area (Å²) in [6.45, 7) is 6.82. The molecule has 1 amide bonds. The lowest BCUT2D eigenvalue weighted by Gasteiger charge is -2.36. The number of thiocarbonyl (C=S) groups is 1. The van der Waals surface area contributed by atoms with Crippen molar-refractivity contribution in [1.29, 1.82) is 0 Å². The van der Waals surface area contributed by atoms with Gasteiger partial charge in [-0.2, -0.15) is 0 Å². The lowest BCUT2D eigenvalue weighted by atomic mass is 10.0. The third-order valence-electron chi connectivity index (χ3n) is 3.95. The highest BCUT2D eigenvalue weighted by Gasteiger charge is 2.30. The number of carbonyl (C=O) groups is 1. The standard InChI is InChI=1S/C13H23N3OS/c1-2-11(12(14)18)13(17)16-7-5-15(6-8-16)9-10-3-4-10/h10-11H,2-9H2,1H3,(H2,14,18). The van der Waals surface area contributed by atoms with Gasteiger partial charge in [-0.1, -0.05) is 19.1 Å². The normalized spacial score (nSPS) is 22.8. The molecular weight excluding hydrogens is 246 g/mol. The fourth-order valence-electron chi connectivity index (χ4n) is 2.53. The lowest BCUT2D eigenvalue weighted by Crippen LogP contribution is -2.52. The Bertz CT molecular complexity index is 322. The number of nitrogens with zero attached hydrogens (tertiary/aromatic N) is 2. The van der Waals surface area contributed by atoms with Gasteiger partial charge in [-0.05, 0) is 25.2 Å². The number of hydrogen-bond acceptors (Lipinski definition) is 3. The van der Waals surface area contributed by atoms with Crippen molar-refractivity contribution >= 4 is 23.1 Å². The molecule has 1 aliphatic carbocycles. The van der Waals surface area contributed by atoms with Gasteiger partial charge in [-0.3, -0.25) is 9.69 Å². The van der Waals surface area contributed by atoms with Gasteiger partial charge in [-0.15, -0.1) is 0 Å². The molecule has 0 radical (unpaired) electrons. The molecule has 0 bridgehead atoms. The third-order valence-corrected chi connectivity index (χ3v) is 4.23. The zero-order chi connectivity index (χ0) is 13.1. The summed E-state index contributed by atoms with van der Waals surface area (Å²) in [7, 11) is 0. The van der Waals surface area contributed by atoms with Gasteiger partial charge in [-0.25, -0.2) is 0 Å². The van der Waals surface area contributed by atoms with E-state index in [1.54, 1.807) is 0 Å². The number of amides is 1. The van der Waals surface area contributed by atoms with Gasteiger partial charge in [0.25, 0.3) is 0 Å². The smallest absolute Gasteiger partial charge is 0.232 e. The fourth-order valence-corrected chi connectivity index (χ4v) is 2.80. The largest absolute Gasteiger partial charge is 0.393 e. The van der Waals surface area contributed by atoms with Crippen molar-refractivity contribution in [2.75, 3.05) is 32.7 Å². The van der Waals surface area contributed by atoms with Crippen LogP contribution >= 0.6 is 12.2 Å². The highest BCUT2D eigenvalue weighted by molar-refractivity contribution is 7.80. The predicted molar refractivity (Wildman–Crippen MR) is 76.3 cm³/mol. The molecule has 102 valence electrons. The van der Waals surface area contributed by atoms with E-state index >= 15 is 0 Å². The Morgan fingerprint density at radius 1 is 1.33 bits per heavy atom. The van der Waals surface area contributed by atoms with Crippen LogP contribution in [0.25, 0.3) is 0 Å². The van der Waals surface area contributed by atoms with Crippen molar-refractivity contribution in [3.8, 4) is 0 Å². The van der Waals surface area contributed by atoms with Gasteiger partial charge < -0.3 is 10.6 Å². The minimum absolute atomic E-state index is 0.121. The van der Waals surface area contributed by atoms with Crippen molar-refractivity contribution in [1.82, 2.24) is 9.80 Å². The summed E-state index contributed by atoms with van der Waals surface area (Å²) in [4.78, 5) is 17.0. The second-order valence-electron chi connectivity index (χ2n) is 5.43. The second kappa shape index (κ2) is 5.97. The summed E-state index contributed by atoms with van der Waals surface area (Å²) in [6, 6.07) is 0. The molecule has 1 aliphatic heterocycles. The van der Waals surface area contributed by atoms with Crippen LogP contribution in [0.5, 0.6) is 0 Å². The highest BCUT2D eigenvalue weighted by atomic mass is 32.1. The van der Waals surface area contributed by atoms with Crippen molar-refractivity contribution in [2.45, 2.75) is 26.2 Å². The van der Waals surface area contributed by atoms with Crippen LogP contribution in [0.15, 0.2) is 0 Å². The van der Waals surface area contributed by atoms with E-state index in [1.165, 1.54) is 19.4 Å². The topological polar surface area (TPSA) is 49.6 Å². The minimum Gasteiger partial charge on any atom is -0.393 e. The number of nitrogens with two attached hydrogens (primary N) is 1.